The highest BCUT2D eigenvalue weighted by atomic mass is 16.2. The highest BCUT2D eigenvalue weighted by molar-refractivity contribution is 5.81. The largest absolute Gasteiger partial charge is 0.339 e. The molecule has 1 amide bonds. The van der Waals surface area contributed by atoms with Gasteiger partial charge in [0.25, 0.3) is 0 Å². The van der Waals surface area contributed by atoms with Crippen LogP contribution in [-0.2, 0) is 4.79 Å². The van der Waals surface area contributed by atoms with Gasteiger partial charge < -0.3 is 10.6 Å². The molecule has 0 heterocycles. The van der Waals surface area contributed by atoms with Crippen molar-refractivity contribution in [2.45, 2.75) is 72.4 Å². The first kappa shape index (κ1) is 16.4. The van der Waals surface area contributed by atoms with Crippen molar-refractivity contribution in [2.24, 2.45) is 11.7 Å². The lowest BCUT2D eigenvalue weighted by Crippen LogP contribution is -2.48. The van der Waals surface area contributed by atoms with Gasteiger partial charge >= 0.3 is 0 Å². The molecule has 0 aromatic heterocycles. The monoisotopic (exact) mass is 242 g/mol. The van der Waals surface area contributed by atoms with Gasteiger partial charge in [-0.2, -0.15) is 0 Å². The van der Waals surface area contributed by atoms with Gasteiger partial charge in [0.15, 0.2) is 0 Å². The minimum Gasteiger partial charge on any atom is -0.339 e. The SMILES string of the molecule is CCCCN(C(=O)C(N)CC(C)C)C(C)CC. The summed E-state index contributed by atoms with van der Waals surface area (Å²) in [6, 6.07) is -0.0341. The predicted molar refractivity (Wildman–Crippen MR) is 73.8 cm³/mol. The van der Waals surface area contributed by atoms with Crippen molar-refractivity contribution in [1.29, 1.82) is 0 Å². The van der Waals surface area contributed by atoms with Crippen molar-refractivity contribution in [3.63, 3.8) is 0 Å². The number of carbonyl (C=O) groups is 1. The molecular formula is C14H30N2O. The molecule has 0 aromatic rings. The van der Waals surface area contributed by atoms with Gasteiger partial charge in [-0.15, -0.1) is 0 Å². The van der Waals surface area contributed by atoms with Crippen LogP contribution in [0.25, 0.3) is 0 Å². The van der Waals surface area contributed by atoms with E-state index in [9.17, 15) is 4.79 Å². The summed E-state index contributed by atoms with van der Waals surface area (Å²) in [5.41, 5.74) is 5.99. The predicted octanol–water partition coefficient (Wildman–Crippen LogP) is 2.79. The Morgan fingerprint density at radius 2 is 1.82 bits per heavy atom. The summed E-state index contributed by atoms with van der Waals surface area (Å²) < 4.78 is 0. The van der Waals surface area contributed by atoms with Crippen LogP contribution in [0.5, 0.6) is 0 Å². The third-order valence-corrected chi connectivity index (χ3v) is 3.20. The lowest BCUT2D eigenvalue weighted by Gasteiger charge is -2.31. The minimum absolute atomic E-state index is 0.126. The average molecular weight is 242 g/mol. The average Bonchev–Trinajstić information content (AvgIpc) is 2.27. The zero-order valence-electron chi connectivity index (χ0n) is 12.2. The highest BCUT2D eigenvalue weighted by Gasteiger charge is 2.24. The van der Waals surface area contributed by atoms with Crippen LogP contribution in [-0.4, -0.2) is 29.4 Å². The number of unbranched alkanes of at least 4 members (excludes halogenated alkanes) is 1. The standard InChI is InChI=1S/C14H30N2O/c1-6-8-9-16(12(5)7-2)14(17)13(15)10-11(3)4/h11-13H,6-10,15H2,1-5H3. The Bertz CT molecular complexity index is 216. The fourth-order valence-electron chi connectivity index (χ4n) is 1.92. The molecule has 0 aliphatic rings. The van der Waals surface area contributed by atoms with E-state index in [1.54, 1.807) is 0 Å². The normalized spacial score (nSPS) is 14.8. The summed E-state index contributed by atoms with van der Waals surface area (Å²) in [7, 11) is 0. The van der Waals surface area contributed by atoms with E-state index < -0.39 is 0 Å². The fourth-order valence-corrected chi connectivity index (χ4v) is 1.92. The second-order valence-electron chi connectivity index (χ2n) is 5.38. The fraction of sp³-hybridized carbons (Fsp3) is 0.929. The number of rotatable bonds is 8. The molecule has 3 heteroatoms. The highest BCUT2D eigenvalue weighted by Crippen LogP contribution is 2.11. The first-order valence-electron chi connectivity index (χ1n) is 7.00. The summed E-state index contributed by atoms with van der Waals surface area (Å²) >= 11 is 0. The third-order valence-electron chi connectivity index (χ3n) is 3.20. The summed E-state index contributed by atoms with van der Waals surface area (Å²) in [4.78, 5) is 14.3. The van der Waals surface area contributed by atoms with Crippen LogP contribution >= 0.6 is 0 Å². The van der Waals surface area contributed by atoms with Gasteiger partial charge in [0.2, 0.25) is 5.91 Å². The molecule has 0 aromatic carbocycles. The maximum Gasteiger partial charge on any atom is 0.239 e. The van der Waals surface area contributed by atoms with E-state index in [0.717, 1.165) is 32.2 Å². The molecule has 0 saturated carbocycles. The molecule has 0 spiro atoms. The molecule has 0 aliphatic carbocycles. The van der Waals surface area contributed by atoms with Crippen molar-refractivity contribution >= 4 is 5.91 Å². The minimum atomic E-state index is -0.333. The van der Waals surface area contributed by atoms with Crippen molar-refractivity contribution in [1.82, 2.24) is 4.90 Å². The molecule has 0 rings (SSSR count). The molecule has 0 bridgehead atoms. The van der Waals surface area contributed by atoms with Crippen LogP contribution < -0.4 is 5.73 Å². The van der Waals surface area contributed by atoms with Gasteiger partial charge in [-0.05, 0) is 32.1 Å². The lowest BCUT2D eigenvalue weighted by molar-refractivity contribution is -0.135. The van der Waals surface area contributed by atoms with Crippen LogP contribution in [0.2, 0.25) is 0 Å². The van der Waals surface area contributed by atoms with Crippen LogP contribution in [0.4, 0.5) is 0 Å². The zero-order valence-corrected chi connectivity index (χ0v) is 12.2. The molecule has 0 saturated heterocycles. The Balaban J connectivity index is 4.50. The van der Waals surface area contributed by atoms with Crippen LogP contribution in [0.15, 0.2) is 0 Å². The summed E-state index contributed by atoms with van der Waals surface area (Å²) in [5.74, 6) is 0.598. The van der Waals surface area contributed by atoms with Gasteiger partial charge in [0.05, 0.1) is 6.04 Å². The van der Waals surface area contributed by atoms with Crippen molar-refractivity contribution in [3.05, 3.63) is 0 Å². The number of amides is 1. The third kappa shape index (κ3) is 6.06. The molecule has 2 unspecified atom stereocenters. The van der Waals surface area contributed by atoms with E-state index in [4.69, 9.17) is 5.73 Å². The Morgan fingerprint density at radius 3 is 2.24 bits per heavy atom. The molecule has 17 heavy (non-hydrogen) atoms. The molecule has 0 aliphatic heterocycles. The molecule has 2 atom stereocenters. The second-order valence-corrected chi connectivity index (χ2v) is 5.38. The maximum absolute atomic E-state index is 12.3. The molecular weight excluding hydrogens is 212 g/mol. The summed E-state index contributed by atoms with van der Waals surface area (Å²) in [6.45, 7) is 11.4. The van der Waals surface area contributed by atoms with E-state index in [0.29, 0.717) is 12.0 Å². The molecule has 0 radical (unpaired) electrons. The smallest absolute Gasteiger partial charge is 0.239 e. The van der Waals surface area contributed by atoms with E-state index in [1.165, 1.54) is 0 Å². The van der Waals surface area contributed by atoms with Gasteiger partial charge in [-0.1, -0.05) is 34.1 Å². The lowest BCUT2D eigenvalue weighted by atomic mass is 10.0. The summed E-state index contributed by atoms with van der Waals surface area (Å²) in [5, 5.41) is 0. The van der Waals surface area contributed by atoms with Crippen LogP contribution in [0.3, 0.4) is 0 Å². The van der Waals surface area contributed by atoms with E-state index in [1.807, 2.05) is 4.90 Å². The van der Waals surface area contributed by atoms with Gasteiger partial charge in [-0.25, -0.2) is 0 Å². The van der Waals surface area contributed by atoms with E-state index >= 15 is 0 Å². The maximum atomic E-state index is 12.3. The molecule has 102 valence electrons. The van der Waals surface area contributed by atoms with E-state index in [2.05, 4.69) is 34.6 Å². The Kier molecular flexibility index (Phi) is 8.23. The number of nitrogens with two attached hydrogens (primary N) is 1. The van der Waals surface area contributed by atoms with Crippen molar-refractivity contribution in [2.75, 3.05) is 6.54 Å². The number of nitrogens with zero attached hydrogens (tertiary/aromatic N) is 1. The zero-order chi connectivity index (χ0) is 13.4. The van der Waals surface area contributed by atoms with Crippen molar-refractivity contribution in [3.8, 4) is 0 Å². The number of carbonyl (C=O) groups excluding carboxylic acids is 1. The van der Waals surface area contributed by atoms with Gasteiger partial charge in [-0.3, -0.25) is 4.79 Å². The first-order chi connectivity index (χ1) is 7.93. The van der Waals surface area contributed by atoms with E-state index in [-0.39, 0.29) is 11.9 Å². The van der Waals surface area contributed by atoms with Gasteiger partial charge in [0.1, 0.15) is 0 Å². The number of hydrogen-bond acceptors (Lipinski definition) is 2. The Hall–Kier alpha value is -0.570. The van der Waals surface area contributed by atoms with Crippen LogP contribution in [0, 0.1) is 5.92 Å². The molecule has 3 nitrogen and oxygen atoms in total. The summed E-state index contributed by atoms with van der Waals surface area (Å²) in [6.07, 6.45) is 3.94. The molecule has 0 fully saturated rings. The number of hydrogen-bond donors (Lipinski definition) is 1. The van der Waals surface area contributed by atoms with Crippen molar-refractivity contribution < 1.29 is 4.79 Å². The van der Waals surface area contributed by atoms with Crippen LogP contribution in [0.1, 0.15) is 60.3 Å². The Morgan fingerprint density at radius 1 is 1.24 bits per heavy atom. The Labute approximate surface area is 107 Å². The first-order valence-corrected chi connectivity index (χ1v) is 7.00. The topological polar surface area (TPSA) is 46.3 Å². The van der Waals surface area contributed by atoms with Gasteiger partial charge in [0, 0.05) is 12.6 Å². The second kappa shape index (κ2) is 8.51. The quantitative estimate of drug-likeness (QED) is 0.711. The molecule has 2 N–H and O–H groups in total.